The molecule has 1 aliphatic rings. The van der Waals surface area contributed by atoms with Crippen LogP contribution in [-0.2, 0) is 4.79 Å². The van der Waals surface area contributed by atoms with E-state index < -0.39 is 12.1 Å². The molecule has 1 aliphatic carbocycles. The summed E-state index contributed by atoms with van der Waals surface area (Å²) in [7, 11) is 0. The number of urea groups is 1. The van der Waals surface area contributed by atoms with Crippen molar-refractivity contribution in [2.75, 3.05) is 6.54 Å². The van der Waals surface area contributed by atoms with E-state index in [1.807, 2.05) is 54.6 Å². The summed E-state index contributed by atoms with van der Waals surface area (Å²) in [5.41, 5.74) is 7.52. The number of amides is 3. The molecule has 0 saturated carbocycles. The monoisotopic (exact) mass is 407 g/mol. The molecule has 0 aromatic heterocycles. The zero-order valence-electron chi connectivity index (χ0n) is 17.1. The first-order valence-corrected chi connectivity index (χ1v) is 10.4. The topological polar surface area (TPSA) is 93.5 Å². The Hall–Kier alpha value is -3.28. The van der Waals surface area contributed by atoms with Crippen molar-refractivity contribution < 1.29 is 14.3 Å². The van der Waals surface area contributed by atoms with Gasteiger partial charge in [0.25, 0.3) is 0 Å². The van der Waals surface area contributed by atoms with Crippen LogP contribution >= 0.6 is 0 Å². The zero-order valence-corrected chi connectivity index (χ0v) is 17.1. The molecule has 0 saturated heterocycles. The number of benzene rings is 2. The van der Waals surface area contributed by atoms with Gasteiger partial charge in [-0.3, -0.25) is 4.79 Å². The largest absolute Gasteiger partial charge is 0.457 e. The molecule has 1 atom stereocenters. The minimum absolute atomic E-state index is 0.108. The van der Waals surface area contributed by atoms with E-state index in [0.29, 0.717) is 18.0 Å². The Labute approximate surface area is 177 Å². The molecule has 0 aliphatic heterocycles. The van der Waals surface area contributed by atoms with Crippen LogP contribution in [0.4, 0.5) is 4.79 Å². The summed E-state index contributed by atoms with van der Waals surface area (Å²) in [5.74, 6) is 1.21. The first-order chi connectivity index (χ1) is 14.6. The Bertz CT molecular complexity index is 880. The molecule has 0 heterocycles. The molecule has 0 bridgehead atoms. The summed E-state index contributed by atoms with van der Waals surface area (Å²) in [4.78, 5) is 24.0. The van der Waals surface area contributed by atoms with Crippen LogP contribution in [-0.4, -0.2) is 18.5 Å². The SMILES string of the molecule is NC(=O)NC(CC(=O)NCCC1=CCCCC1)c1cccc(Oc2ccccc2)c1. The molecular weight excluding hydrogens is 378 g/mol. The number of carbonyl (C=O) groups is 2. The summed E-state index contributed by atoms with van der Waals surface area (Å²) in [5, 5.41) is 5.62. The van der Waals surface area contributed by atoms with Crippen molar-refractivity contribution in [3.05, 3.63) is 71.8 Å². The van der Waals surface area contributed by atoms with Gasteiger partial charge in [0.15, 0.2) is 0 Å². The summed E-state index contributed by atoms with van der Waals surface area (Å²) >= 11 is 0. The van der Waals surface area contributed by atoms with Gasteiger partial charge in [-0.25, -0.2) is 4.79 Å². The number of hydrogen-bond donors (Lipinski definition) is 3. The number of nitrogens with two attached hydrogens (primary N) is 1. The number of carbonyl (C=O) groups excluding carboxylic acids is 2. The van der Waals surface area contributed by atoms with E-state index in [1.165, 1.54) is 18.4 Å². The van der Waals surface area contributed by atoms with Crippen molar-refractivity contribution in [2.24, 2.45) is 5.73 Å². The Morgan fingerprint density at radius 2 is 1.83 bits per heavy atom. The fraction of sp³-hybridized carbons (Fsp3) is 0.333. The van der Waals surface area contributed by atoms with Crippen molar-refractivity contribution in [3.63, 3.8) is 0 Å². The van der Waals surface area contributed by atoms with Crippen LogP contribution in [0, 0.1) is 0 Å². The second-order valence-corrected chi connectivity index (χ2v) is 7.46. The molecule has 1 unspecified atom stereocenters. The number of allylic oxidation sites excluding steroid dienone is 1. The summed E-state index contributed by atoms with van der Waals surface area (Å²) in [6, 6.07) is 15.5. The Morgan fingerprint density at radius 3 is 2.57 bits per heavy atom. The second-order valence-electron chi connectivity index (χ2n) is 7.46. The van der Waals surface area contributed by atoms with E-state index >= 15 is 0 Å². The minimum atomic E-state index is -0.672. The van der Waals surface area contributed by atoms with E-state index in [4.69, 9.17) is 10.5 Å². The first kappa shape index (κ1) is 21.4. The highest BCUT2D eigenvalue weighted by atomic mass is 16.5. The average molecular weight is 408 g/mol. The van der Waals surface area contributed by atoms with Crippen molar-refractivity contribution in [3.8, 4) is 11.5 Å². The lowest BCUT2D eigenvalue weighted by molar-refractivity contribution is -0.121. The number of nitrogens with one attached hydrogen (secondary N) is 2. The fourth-order valence-corrected chi connectivity index (χ4v) is 3.60. The van der Waals surface area contributed by atoms with Gasteiger partial charge in [-0.05, 0) is 61.9 Å². The molecule has 2 aromatic carbocycles. The molecule has 3 rings (SSSR count). The molecule has 0 spiro atoms. The van der Waals surface area contributed by atoms with E-state index in [1.54, 1.807) is 0 Å². The highest BCUT2D eigenvalue weighted by molar-refractivity contribution is 5.78. The van der Waals surface area contributed by atoms with Crippen molar-refractivity contribution in [1.29, 1.82) is 0 Å². The highest BCUT2D eigenvalue weighted by Crippen LogP contribution is 2.26. The average Bonchev–Trinajstić information content (AvgIpc) is 2.75. The quantitative estimate of drug-likeness (QED) is 0.531. The maximum atomic E-state index is 12.5. The van der Waals surface area contributed by atoms with Gasteiger partial charge in [0.2, 0.25) is 5.91 Å². The maximum absolute atomic E-state index is 12.5. The third-order valence-corrected chi connectivity index (χ3v) is 5.10. The lowest BCUT2D eigenvalue weighted by Crippen LogP contribution is -2.37. The van der Waals surface area contributed by atoms with Gasteiger partial charge in [-0.15, -0.1) is 0 Å². The van der Waals surface area contributed by atoms with Gasteiger partial charge in [0.1, 0.15) is 11.5 Å². The van der Waals surface area contributed by atoms with Gasteiger partial charge < -0.3 is 21.1 Å². The Morgan fingerprint density at radius 1 is 1.03 bits per heavy atom. The van der Waals surface area contributed by atoms with Crippen molar-refractivity contribution in [2.45, 2.75) is 44.6 Å². The summed E-state index contributed by atoms with van der Waals surface area (Å²) in [6.07, 6.45) is 8.00. The number of hydrogen-bond acceptors (Lipinski definition) is 3. The lowest BCUT2D eigenvalue weighted by atomic mass is 9.97. The van der Waals surface area contributed by atoms with Crippen LogP contribution in [0.3, 0.4) is 0 Å². The predicted molar refractivity (Wildman–Crippen MR) is 117 cm³/mol. The van der Waals surface area contributed by atoms with Crippen LogP contribution in [0.1, 0.15) is 50.1 Å². The first-order valence-electron chi connectivity index (χ1n) is 10.4. The Kier molecular flexibility index (Phi) is 7.89. The van der Waals surface area contributed by atoms with Gasteiger partial charge >= 0.3 is 6.03 Å². The van der Waals surface area contributed by atoms with Crippen LogP contribution < -0.4 is 21.1 Å². The minimum Gasteiger partial charge on any atom is -0.457 e. The summed E-state index contributed by atoms with van der Waals surface area (Å²) < 4.78 is 5.86. The number of ether oxygens (including phenoxy) is 1. The zero-order chi connectivity index (χ0) is 21.2. The predicted octanol–water partition coefficient (Wildman–Crippen LogP) is 4.59. The van der Waals surface area contributed by atoms with E-state index in [9.17, 15) is 9.59 Å². The van der Waals surface area contributed by atoms with Gasteiger partial charge in [-0.1, -0.05) is 42.0 Å². The van der Waals surface area contributed by atoms with Crippen LogP contribution in [0.2, 0.25) is 0 Å². The van der Waals surface area contributed by atoms with Crippen LogP contribution in [0.5, 0.6) is 11.5 Å². The molecule has 2 aromatic rings. The third-order valence-electron chi connectivity index (χ3n) is 5.10. The van der Waals surface area contributed by atoms with Gasteiger partial charge in [0, 0.05) is 6.54 Å². The standard InChI is InChI=1S/C24H29N3O3/c25-24(29)27-22(17-23(28)26-15-14-18-8-3-1-4-9-18)19-10-7-13-21(16-19)30-20-11-5-2-6-12-20/h2,5-8,10-13,16,22H,1,3-4,9,14-15,17H2,(H,26,28)(H3,25,27,29). The molecular formula is C24H29N3O3. The van der Waals surface area contributed by atoms with E-state index in [-0.39, 0.29) is 12.3 Å². The smallest absolute Gasteiger partial charge is 0.312 e. The lowest BCUT2D eigenvalue weighted by Gasteiger charge is -2.19. The normalized spacial score (nSPS) is 14.3. The second kappa shape index (κ2) is 11.0. The van der Waals surface area contributed by atoms with Crippen molar-refractivity contribution in [1.82, 2.24) is 10.6 Å². The molecule has 6 heteroatoms. The Balaban J connectivity index is 1.60. The van der Waals surface area contributed by atoms with Gasteiger partial charge in [0.05, 0.1) is 12.5 Å². The highest BCUT2D eigenvalue weighted by Gasteiger charge is 2.18. The molecule has 4 N–H and O–H groups in total. The molecule has 6 nitrogen and oxygen atoms in total. The molecule has 0 radical (unpaired) electrons. The van der Waals surface area contributed by atoms with Crippen LogP contribution in [0.25, 0.3) is 0 Å². The molecule has 0 fully saturated rings. The summed E-state index contributed by atoms with van der Waals surface area (Å²) in [6.45, 7) is 0.602. The molecule has 30 heavy (non-hydrogen) atoms. The van der Waals surface area contributed by atoms with E-state index in [0.717, 1.165) is 24.8 Å². The fourth-order valence-electron chi connectivity index (χ4n) is 3.60. The maximum Gasteiger partial charge on any atom is 0.312 e. The number of rotatable bonds is 9. The van der Waals surface area contributed by atoms with Gasteiger partial charge in [-0.2, -0.15) is 0 Å². The number of para-hydroxylation sites is 1. The van der Waals surface area contributed by atoms with Crippen LogP contribution in [0.15, 0.2) is 66.2 Å². The molecule has 158 valence electrons. The third kappa shape index (κ3) is 6.95. The van der Waals surface area contributed by atoms with E-state index in [2.05, 4.69) is 16.7 Å². The van der Waals surface area contributed by atoms with Crippen molar-refractivity contribution >= 4 is 11.9 Å². The number of primary amides is 1. The molecule has 3 amide bonds.